The topological polar surface area (TPSA) is 50.8 Å². The molecular weight excluding hydrogens is 232 g/mol. The first-order chi connectivity index (χ1) is 8.81. The van der Waals surface area contributed by atoms with Gasteiger partial charge in [0, 0.05) is 32.8 Å². The molecule has 2 fully saturated rings. The largest absolute Gasteiger partial charge is 0.465 e. The van der Waals surface area contributed by atoms with Gasteiger partial charge in [0.15, 0.2) is 0 Å². The molecule has 0 aliphatic carbocycles. The average molecular weight is 256 g/mol. The number of rotatable bonds is 4. The highest BCUT2D eigenvalue weighted by Gasteiger charge is 2.31. The van der Waals surface area contributed by atoms with E-state index in [-0.39, 0.29) is 18.1 Å². The maximum atomic E-state index is 11.9. The molecule has 0 aromatic heterocycles. The third-order valence-electron chi connectivity index (χ3n) is 3.63. The van der Waals surface area contributed by atoms with Crippen LogP contribution in [0.25, 0.3) is 0 Å². The summed E-state index contributed by atoms with van der Waals surface area (Å²) in [4.78, 5) is 14.1. The Balaban J connectivity index is 1.88. The summed E-state index contributed by atoms with van der Waals surface area (Å²) in [7, 11) is 0. The minimum absolute atomic E-state index is 0.111. The Labute approximate surface area is 109 Å². The molecule has 0 radical (unpaired) electrons. The number of hydrogen-bond donors (Lipinski definition) is 1. The van der Waals surface area contributed by atoms with Crippen molar-refractivity contribution in [3.8, 4) is 0 Å². The molecule has 0 spiro atoms. The van der Waals surface area contributed by atoms with Crippen molar-refractivity contribution in [1.29, 1.82) is 0 Å². The second kappa shape index (κ2) is 7.07. The van der Waals surface area contributed by atoms with E-state index in [4.69, 9.17) is 9.47 Å². The van der Waals surface area contributed by atoms with Crippen LogP contribution in [0.1, 0.15) is 26.2 Å². The predicted octanol–water partition coefficient (Wildman–Crippen LogP) is 0.392. The standard InChI is InChI=1S/C13H24N2O3/c1-2-17-13(16)12-9-14-6-7-15(12)10-11-5-3-4-8-18-11/h11-12,14H,2-10H2,1H3. The number of nitrogens with zero attached hydrogens (tertiary/aromatic N) is 1. The summed E-state index contributed by atoms with van der Waals surface area (Å²) in [6.45, 7) is 6.52. The van der Waals surface area contributed by atoms with Crippen LogP contribution in [0.2, 0.25) is 0 Å². The van der Waals surface area contributed by atoms with E-state index in [2.05, 4.69) is 10.2 Å². The zero-order valence-corrected chi connectivity index (χ0v) is 11.2. The summed E-state index contributed by atoms with van der Waals surface area (Å²) in [5.74, 6) is -0.111. The molecule has 1 N–H and O–H groups in total. The number of nitrogens with one attached hydrogen (secondary N) is 1. The Morgan fingerprint density at radius 3 is 3.11 bits per heavy atom. The van der Waals surface area contributed by atoms with E-state index >= 15 is 0 Å². The van der Waals surface area contributed by atoms with E-state index in [1.165, 1.54) is 12.8 Å². The molecule has 2 atom stereocenters. The zero-order chi connectivity index (χ0) is 12.8. The Bertz CT molecular complexity index is 267. The van der Waals surface area contributed by atoms with Crippen LogP contribution in [-0.4, -0.2) is 62.4 Å². The normalized spacial score (nSPS) is 30.1. The van der Waals surface area contributed by atoms with Crippen molar-refractivity contribution < 1.29 is 14.3 Å². The minimum Gasteiger partial charge on any atom is -0.465 e. The maximum Gasteiger partial charge on any atom is 0.324 e. The summed E-state index contributed by atoms with van der Waals surface area (Å²) >= 11 is 0. The first kappa shape index (κ1) is 13.8. The lowest BCUT2D eigenvalue weighted by Gasteiger charge is -2.37. The molecule has 0 bridgehead atoms. The van der Waals surface area contributed by atoms with Crippen molar-refractivity contribution in [1.82, 2.24) is 10.2 Å². The zero-order valence-electron chi connectivity index (χ0n) is 11.2. The number of ether oxygens (including phenoxy) is 2. The fraction of sp³-hybridized carbons (Fsp3) is 0.923. The lowest BCUT2D eigenvalue weighted by atomic mass is 10.1. The number of carbonyl (C=O) groups is 1. The molecule has 2 saturated heterocycles. The monoisotopic (exact) mass is 256 g/mol. The van der Waals surface area contributed by atoms with Crippen LogP contribution in [0.15, 0.2) is 0 Å². The van der Waals surface area contributed by atoms with Crippen LogP contribution in [0.5, 0.6) is 0 Å². The molecular formula is C13H24N2O3. The van der Waals surface area contributed by atoms with Gasteiger partial charge in [-0.3, -0.25) is 9.69 Å². The van der Waals surface area contributed by atoms with E-state index in [0.717, 1.165) is 32.7 Å². The van der Waals surface area contributed by atoms with Crippen LogP contribution in [-0.2, 0) is 14.3 Å². The van der Waals surface area contributed by atoms with Gasteiger partial charge in [-0.25, -0.2) is 0 Å². The van der Waals surface area contributed by atoms with E-state index in [9.17, 15) is 4.79 Å². The van der Waals surface area contributed by atoms with E-state index in [0.29, 0.717) is 13.2 Å². The van der Waals surface area contributed by atoms with Crippen LogP contribution < -0.4 is 5.32 Å². The molecule has 2 heterocycles. The molecule has 5 heteroatoms. The second-order valence-corrected chi connectivity index (χ2v) is 4.96. The fourth-order valence-electron chi connectivity index (χ4n) is 2.65. The van der Waals surface area contributed by atoms with Crippen LogP contribution >= 0.6 is 0 Å². The molecule has 2 unspecified atom stereocenters. The molecule has 2 rings (SSSR count). The highest BCUT2D eigenvalue weighted by atomic mass is 16.5. The molecule has 0 aromatic carbocycles. The molecule has 104 valence electrons. The Kier molecular flexibility index (Phi) is 5.41. The third-order valence-corrected chi connectivity index (χ3v) is 3.63. The van der Waals surface area contributed by atoms with Gasteiger partial charge in [-0.2, -0.15) is 0 Å². The van der Waals surface area contributed by atoms with Crippen molar-refractivity contribution in [3.05, 3.63) is 0 Å². The molecule has 0 amide bonds. The Hall–Kier alpha value is -0.650. The molecule has 0 aromatic rings. The number of carbonyl (C=O) groups excluding carboxylic acids is 1. The fourth-order valence-corrected chi connectivity index (χ4v) is 2.65. The van der Waals surface area contributed by atoms with Gasteiger partial charge in [0.05, 0.1) is 12.7 Å². The number of piperazine rings is 1. The molecule has 18 heavy (non-hydrogen) atoms. The van der Waals surface area contributed by atoms with Gasteiger partial charge >= 0.3 is 5.97 Å². The van der Waals surface area contributed by atoms with Crippen molar-refractivity contribution >= 4 is 5.97 Å². The van der Waals surface area contributed by atoms with Gasteiger partial charge < -0.3 is 14.8 Å². The second-order valence-electron chi connectivity index (χ2n) is 4.96. The third kappa shape index (κ3) is 3.67. The van der Waals surface area contributed by atoms with E-state index < -0.39 is 0 Å². The molecule has 2 aliphatic rings. The van der Waals surface area contributed by atoms with Gasteiger partial charge in [0.25, 0.3) is 0 Å². The maximum absolute atomic E-state index is 11.9. The molecule has 2 aliphatic heterocycles. The summed E-state index contributed by atoms with van der Waals surface area (Å²) in [5, 5.41) is 3.26. The minimum atomic E-state index is -0.149. The van der Waals surface area contributed by atoms with Crippen molar-refractivity contribution in [2.75, 3.05) is 39.4 Å². The Morgan fingerprint density at radius 2 is 2.39 bits per heavy atom. The summed E-state index contributed by atoms with van der Waals surface area (Å²) in [6.07, 6.45) is 3.80. The van der Waals surface area contributed by atoms with Gasteiger partial charge in [0.1, 0.15) is 6.04 Å². The lowest BCUT2D eigenvalue weighted by molar-refractivity contribution is -0.151. The highest BCUT2D eigenvalue weighted by Crippen LogP contribution is 2.16. The van der Waals surface area contributed by atoms with Gasteiger partial charge in [-0.05, 0) is 26.2 Å². The van der Waals surface area contributed by atoms with Crippen LogP contribution in [0, 0.1) is 0 Å². The predicted molar refractivity (Wildman–Crippen MR) is 68.5 cm³/mol. The summed E-state index contributed by atoms with van der Waals surface area (Å²) in [6, 6.07) is -0.149. The smallest absolute Gasteiger partial charge is 0.324 e. The first-order valence-corrected chi connectivity index (χ1v) is 7.04. The van der Waals surface area contributed by atoms with Crippen molar-refractivity contribution in [3.63, 3.8) is 0 Å². The lowest BCUT2D eigenvalue weighted by Crippen LogP contribution is -2.57. The molecule has 0 saturated carbocycles. The van der Waals surface area contributed by atoms with Crippen LogP contribution in [0.4, 0.5) is 0 Å². The van der Waals surface area contributed by atoms with Crippen molar-refractivity contribution in [2.24, 2.45) is 0 Å². The van der Waals surface area contributed by atoms with Gasteiger partial charge in [-0.1, -0.05) is 0 Å². The van der Waals surface area contributed by atoms with Crippen LogP contribution in [0.3, 0.4) is 0 Å². The number of hydrogen-bond acceptors (Lipinski definition) is 5. The molecule has 5 nitrogen and oxygen atoms in total. The highest BCUT2D eigenvalue weighted by molar-refractivity contribution is 5.76. The SMILES string of the molecule is CCOC(=O)C1CNCCN1CC1CCCCO1. The van der Waals surface area contributed by atoms with E-state index in [1.807, 2.05) is 6.92 Å². The Morgan fingerprint density at radius 1 is 1.50 bits per heavy atom. The van der Waals surface area contributed by atoms with E-state index in [1.54, 1.807) is 0 Å². The average Bonchev–Trinajstić information content (AvgIpc) is 2.41. The van der Waals surface area contributed by atoms with Crippen molar-refractivity contribution in [2.45, 2.75) is 38.3 Å². The quantitative estimate of drug-likeness (QED) is 0.738. The first-order valence-electron chi connectivity index (χ1n) is 7.04. The summed E-state index contributed by atoms with van der Waals surface area (Å²) in [5.41, 5.74) is 0. The summed E-state index contributed by atoms with van der Waals surface area (Å²) < 4.78 is 10.9. The number of esters is 1. The van der Waals surface area contributed by atoms with Gasteiger partial charge in [0.2, 0.25) is 0 Å². The van der Waals surface area contributed by atoms with Gasteiger partial charge in [-0.15, -0.1) is 0 Å².